The number of nitrogens with zero attached hydrogens (tertiary/aromatic N) is 3. The number of likely N-dealkylation sites (N-methyl/N-ethyl adjacent to an activating group) is 1. The molecule has 132 valence electrons. The molecule has 1 saturated heterocycles. The van der Waals surface area contributed by atoms with Crippen molar-refractivity contribution in [2.45, 2.75) is 44.2 Å². The van der Waals surface area contributed by atoms with E-state index < -0.39 is 5.60 Å². The predicted octanol–water partition coefficient (Wildman–Crippen LogP) is 2.37. The Hall–Kier alpha value is -2.37. The van der Waals surface area contributed by atoms with E-state index in [4.69, 9.17) is 4.74 Å². The van der Waals surface area contributed by atoms with Crippen LogP contribution in [-0.4, -0.2) is 45.5 Å². The molecule has 25 heavy (non-hydrogen) atoms. The van der Waals surface area contributed by atoms with Crippen LogP contribution in [0.15, 0.2) is 30.6 Å². The molecule has 2 aliphatic rings. The van der Waals surface area contributed by atoms with Crippen LogP contribution in [0.1, 0.15) is 32.1 Å². The van der Waals surface area contributed by atoms with Crippen molar-refractivity contribution in [3.63, 3.8) is 0 Å². The largest absolute Gasteiger partial charge is 0.458 e. The van der Waals surface area contributed by atoms with Gasteiger partial charge in [-0.1, -0.05) is 12.1 Å². The summed E-state index contributed by atoms with van der Waals surface area (Å²) in [6.07, 6.45) is 5.72. The summed E-state index contributed by atoms with van der Waals surface area (Å²) in [6, 6.07) is 7.96. The lowest BCUT2D eigenvalue weighted by molar-refractivity contribution is -0.151. The van der Waals surface area contributed by atoms with Crippen molar-refractivity contribution < 1.29 is 14.3 Å². The zero-order chi connectivity index (χ0) is 17.4. The molecule has 1 aromatic heterocycles. The van der Waals surface area contributed by atoms with Crippen LogP contribution in [-0.2, 0) is 20.9 Å². The van der Waals surface area contributed by atoms with Gasteiger partial charge < -0.3 is 14.2 Å². The van der Waals surface area contributed by atoms with Crippen LogP contribution in [0.4, 0.5) is 0 Å². The van der Waals surface area contributed by atoms with E-state index >= 15 is 0 Å². The van der Waals surface area contributed by atoms with Crippen LogP contribution in [0, 0.1) is 5.92 Å². The van der Waals surface area contributed by atoms with Crippen molar-refractivity contribution in [2.24, 2.45) is 5.92 Å². The molecule has 4 rings (SSSR count). The number of para-hydroxylation sites is 2. The second-order valence-electron chi connectivity index (χ2n) is 7.19. The Morgan fingerprint density at radius 1 is 1.36 bits per heavy atom. The molecule has 2 heterocycles. The Kier molecular flexibility index (Phi) is 3.98. The quantitative estimate of drug-likeness (QED) is 0.801. The highest BCUT2D eigenvalue weighted by Gasteiger charge is 2.54. The summed E-state index contributed by atoms with van der Waals surface area (Å²) in [6.45, 7) is 1.26. The number of hydrogen-bond donors (Lipinski definition) is 0. The van der Waals surface area contributed by atoms with Crippen molar-refractivity contribution in [2.75, 3.05) is 13.6 Å². The van der Waals surface area contributed by atoms with Gasteiger partial charge in [0.1, 0.15) is 5.60 Å². The number of ether oxygens (including phenoxy) is 1. The minimum atomic E-state index is -0.538. The molecule has 1 saturated carbocycles. The van der Waals surface area contributed by atoms with E-state index in [1.807, 2.05) is 37.6 Å². The second kappa shape index (κ2) is 6.17. The van der Waals surface area contributed by atoms with Gasteiger partial charge in [-0.15, -0.1) is 0 Å². The zero-order valence-electron chi connectivity index (χ0n) is 14.5. The zero-order valence-corrected chi connectivity index (χ0v) is 14.5. The Bertz CT molecular complexity index is 807. The van der Waals surface area contributed by atoms with Crippen molar-refractivity contribution in [3.05, 3.63) is 30.6 Å². The monoisotopic (exact) mass is 341 g/mol. The van der Waals surface area contributed by atoms with Gasteiger partial charge in [-0.3, -0.25) is 9.59 Å². The molecule has 1 amide bonds. The first kappa shape index (κ1) is 16.1. The molecule has 1 aromatic carbocycles. The van der Waals surface area contributed by atoms with Gasteiger partial charge >= 0.3 is 5.97 Å². The van der Waals surface area contributed by atoms with E-state index in [0.29, 0.717) is 13.1 Å². The molecule has 6 nitrogen and oxygen atoms in total. The van der Waals surface area contributed by atoms with Crippen molar-refractivity contribution >= 4 is 22.9 Å². The van der Waals surface area contributed by atoms with E-state index in [1.165, 1.54) is 0 Å². The maximum absolute atomic E-state index is 12.9. The molecule has 1 atom stereocenters. The number of carbonyl (C=O) groups is 2. The number of aromatic nitrogens is 2. The lowest BCUT2D eigenvalue weighted by Gasteiger charge is -2.31. The molecule has 2 fully saturated rings. The minimum Gasteiger partial charge on any atom is -0.458 e. The summed E-state index contributed by atoms with van der Waals surface area (Å²) in [4.78, 5) is 30.9. The van der Waals surface area contributed by atoms with Gasteiger partial charge in [-0.25, -0.2) is 4.98 Å². The topological polar surface area (TPSA) is 64.4 Å². The first-order valence-corrected chi connectivity index (χ1v) is 8.96. The summed E-state index contributed by atoms with van der Waals surface area (Å²) in [5.41, 5.74) is 1.48. The van der Waals surface area contributed by atoms with Crippen LogP contribution in [0.25, 0.3) is 11.0 Å². The van der Waals surface area contributed by atoms with Crippen molar-refractivity contribution in [3.8, 4) is 0 Å². The molecule has 1 spiro atoms. The first-order valence-electron chi connectivity index (χ1n) is 8.96. The van der Waals surface area contributed by atoms with Crippen LogP contribution < -0.4 is 0 Å². The molecular weight excluding hydrogens is 318 g/mol. The number of carbonyl (C=O) groups excluding carboxylic acids is 2. The maximum Gasteiger partial charge on any atom is 0.307 e. The third-order valence-corrected chi connectivity index (χ3v) is 5.65. The molecule has 0 radical (unpaired) electrons. The summed E-state index contributed by atoms with van der Waals surface area (Å²) in [7, 11) is 1.81. The highest BCUT2D eigenvalue weighted by Crippen LogP contribution is 2.46. The molecular formula is C19H23N3O3. The van der Waals surface area contributed by atoms with Gasteiger partial charge in [-0.2, -0.15) is 0 Å². The molecule has 1 aliphatic heterocycles. The van der Waals surface area contributed by atoms with E-state index in [-0.39, 0.29) is 24.2 Å². The number of fused-ring (bicyclic) bond motifs is 1. The van der Waals surface area contributed by atoms with E-state index in [2.05, 4.69) is 9.55 Å². The molecule has 1 unspecified atom stereocenters. The van der Waals surface area contributed by atoms with Gasteiger partial charge in [0.25, 0.3) is 0 Å². The Morgan fingerprint density at radius 3 is 2.92 bits per heavy atom. The van der Waals surface area contributed by atoms with Crippen LogP contribution in [0.5, 0.6) is 0 Å². The maximum atomic E-state index is 12.9. The Labute approximate surface area is 146 Å². The second-order valence-corrected chi connectivity index (χ2v) is 7.19. The van der Waals surface area contributed by atoms with E-state index in [0.717, 1.165) is 36.7 Å². The predicted molar refractivity (Wildman–Crippen MR) is 92.8 cm³/mol. The number of esters is 1. The van der Waals surface area contributed by atoms with Gasteiger partial charge in [0.2, 0.25) is 5.91 Å². The van der Waals surface area contributed by atoms with Crippen molar-refractivity contribution in [1.29, 1.82) is 0 Å². The number of benzene rings is 1. The highest BCUT2D eigenvalue weighted by molar-refractivity contribution is 5.88. The summed E-state index contributed by atoms with van der Waals surface area (Å²) >= 11 is 0. The SMILES string of the molecule is CN(CCn1cnc2ccccc21)C(=O)C1CC(=O)OC12CCCC2. The number of imidazole rings is 1. The normalized spacial score (nSPS) is 21.8. The fourth-order valence-electron chi connectivity index (χ4n) is 4.25. The lowest BCUT2D eigenvalue weighted by atomic mass is 9.84. The fourth-order valence-corrected chi connectivity index (χ4v) is 4.25. The van der Waals surface area contributed by atoms with Crippen molar-refractivity contribution in [1.82, 2.24) is 14.5 Å². The fraction of sp³-hybridized carbons (Fsp3) is 0.526. The minimum absolute atomic E-state index is 0.0252. The van der Waals surface area contributed by atoms with Gasteiger partial charge in [0.15, 0.2) is 0 Å². The Balaban J connectivity index is 1.44. The standard InChI is InChI=1S/C19H23N3O3/c1-21(10-11-22-13-20-15-6-2-3-7-16(15)22)18(24)14-12-17(23)25-19(14)8-4-5-9-19/h2-3,6-7,13-14H,4-5,8-12H2,1H3. The van der Waals surface area contributed by atoms with Crippen LogP contribution in [0.2, 0.25) is 0 Å². The van der Waals surface area contributed by atoms with Crippen LogP contribution >= 0.6 is 0 Å². The average molecular weight is 341 g/mol. The number of rotatable bonds is 4. The molecule has 1 aliphatic carbocycles. The first-order chi connectivity index (χ1) is 12.1. The summed E-state index contributed by atoms with van der Waals surface area (Å²) < 4.78 is 7.66. The smallest absolute Gasteiger partial charge is 0.307 e. The third-order valence-electron chi connectivity index (χ3n) is 5.65. The number of amides is 1. The molecule has 6 heteroatoms. The van der Waals surface area contributed by atoms with E-state index in [1.54, 1.807) is 4.90 Å². The lowest BCUT2D eigenvalue weighted by Crippen LogP contribution is -2.44. The average Bonchev–Trinajstić information content (AvgIpc) is 3.32. The third kappa shape index (κ3) is 2.79. The van der Waals surface area contributed by atoms with Gasteiger partial charge in [0.05, 0.1) is 29.7 Å². The van der Waals surface area contributed by atoms with E-state index in [9.17, 15) is 9.59 Å². The molecule has 2 aromatic rings. The highest BCUT2D eigenvalue weighted by atomic mass is 16.6. The molecule has 0 bridgehead atoms. The number of hydrogen-bond acceptors (Lipinski definition) is 4. The van der Waals surface area contributed by atoms with Gasteiger partial charge in [0, 0.05) is 20.1 Å². The van der Waals surface area contributed by atoms with Gasteiger partial charge in [-0.05, 0) is 37.8 Å². The summed E-state index contributed by atoms with van der Waals surface area (Å²) in [5.74, 6) is -0.529. The molecule has 0 N–H and O–H groups in total. The Morgan fingerprint density at radius 2 is 2.12 bits per heavy atom. The van der Waals surface area contributed by atoms with Crippen LogP contribution in [0.3, 0.4) is 0 Å². The summed E-state index contributed by atoms with van der Waals surface area (Å²) in [5, 5.41) is 0.